The van der Waals surface area contributed by atoms with Gasteiger partial charge in [-0.15, -0.1) is 0 Å². The van der Waals surface area contributed by atoms with Crippen molar-refractivity contribution in [2.75, 3.05) is 6.54 Å². The van der Waals surface area contributed by atoms with Crippen molar-refractivity contribution in [1.29, 1.82) is 0 Å². The summed E-state index contributed by atoms with van der Waals surface area (Å²) in [6.45, 7) is -0.641. The normalized spacial score (nSPS) is 13.9. The molecule has 0 fully saturated rings. The van der Waals surface area contributed by atoms with E-state index in [0.29, 0.717) is 16.5 Å². The Bertz CT molecular complexity index is 1680. The van der Waals surface area contributed by atoms with Crippen LogP contribution in [0.2, 0.25) is 0 Å². The molecule has 0 saturated carbocycles. The first-order chi connectivity index (χ1) is 20.6. The topological polar surface area (TPSA) is 161 Å². The number of benzene rings is 4. The standard InChI is InChI=1S/C33H28N2O8/c36-23-11-7-19(8-12-23)15-22(33(42)43)17-28(38)27(16-20-9-13-24(37)14-10-20)34-29(39)18-35-31(40)25-5-1-3-21-4-2-6-26(30(21)25)32(35)41/h1-14,22,27,36-37H,15-18H2,(H,34,39)(H,42,43). The number of carboxylic acids is 1. The number of aliphatic carboxylic acids is 1. The minimum atomic E-state index is -1.20. The second-order valence-electron chi connectivity index (χ2n) is 10.5. The molecule has 43 heavy (non-hydrogen) atoms. The number of phenols is 2. The molecule has 0 saturated heterocycles. The minimum absolute atomic E-state index is 0.00734. The van der Waals surface area contributed by atoms with Crippen LogP contribution < -0.4 is 5.32 Å². The van der Waals surface area contributed by atoms with Gasteiger partial charge in [-0.05, 0) is 65.8 Å². The van der Waals surface area contributed by atoms with Crippen molar-refractivity contribution in [2.24, 2.45) is 5.92 Å². The number of rotatable bonds is 11. The van der Waals surface area contributed by atoms with E-state index >= 15 is 0 Å². The number of hydrogen-bond donors (Lipinski definition) is 4. The monoisotopic (exact) mass is 580 g/mol. The van der Waals surface area contributed by atoms with Crippen LogP contribution in [-0.2, 0) is 27.2 Å². The van der Waals surface area contributed by atoms with E-state index in [9.17, 15) is 39.3 Å². The van der Waals surface area contributed by atoms with Gasteiger partial charge >= 0.3 is 5.97 Å². The molecule has 1 aliphatic heterocycles. The average molecular weight is 581 g/mol. The molecule has 2 unspecified atom stereocenters. The SMILES string of the molecule is O=C(CN1C(=O)c2cccc3cccc(c23)C1=O)NC(Cc1ccc(O)cc1)C(=O)CC(Cc1ccc(O)cc1)C(=O)O. The number of carbonyl (C=O) groups excluding carboxylic acids is 4. The third kappa shape index (κ3) is 6.38. The first kappa shape index (κ1) is 29.0. The summed E-state index contributed by atoms with van der Waals surface area (Å²) < 4.78 is 0. The second-order valence-corrected chi connectivity index (χ2v) is 10.5. The lowest BCUT2D eigenvalue weighted by atomic mass is 9.90. The predicted molar refractivity (Wildman–Crippen MR) is 156 cm³/mol. The van der Waals surface area contributed by atoms with E-state index in [2.05, 4.69) is 5.32 Å². The van der Waals surface area contributed by atoms with Gasteiger partial charge in [0.1, 0.15) is 18.0 Å². The summed E-state index contributed by atoms with van der Waals surface area (Å²) in [7, 11) is 0. The van der Waals surface area contributed by atoms with E-state index in [1.807, 2.05) is 0 Å². The Labute approximate surface area is 246 Å². The molecule has 10 nitrogen and oxygen atoms in total. The fourth-order valence-electron chi connectivity index (χ4n) is 5.27. The number of carbonyl (C=O) groups is 5. The number of nitrogens with zero attached hydrogens (tertiary/aromatic N) is 1. The number of phenolic OH excluding ortho intramolecular Hbond substituents is 2. The smallest absolute Gasteiger partial charge is 0.307 e. The van der Waals surface area contributed by atoms with E-state index in [0.717, 1.165) is 10.3 Å². The molecule has 0 spiro atoms. The number of ketones is 1. The summed E-state index contributed by atoms with van der Waals surface area (Å²) in [6, 6.07) is 20.9. The third-order valence-corrected chi connectivity index (χ3v) is 7.47. The van der Waals surface area contributed by atoms with Gasteiger partial charge in [0.2, 0.25) is 5.91 Å². The van der Waals surface area contributed by atoms with Gasteiger partial charge in [0, 0.05) is 22.9 Å². The van der Waals surface area contributed by atoms with Gasteiger partial charge < -0.3 is 20.6 Å². The molecular weight excluding hydrogens is 552 g/mol. The van der Waals surface area contributed by atoms with E-state index in [4.69, 9.17) is 0 Å². The van der Waals surface area contributed by atoms with E-state index in [1.165, 1.54) is 24.3 Å². The second kappa shape index (κ2) is 12.2. The number of hydrogen-bond acceptors (Lipinski definition) is 7. The van der Waals surface area contributed by atoms with E-state index < -0.39 is 54.4 Å². The molecule has 3 amide bonds. The zero-order valence-electron chi connectivity index (χ0n) is 22.9. The van der Waals surface area contributed by atoms with Gasteiger partial charge in [0.05, 0.1) is 12.0 Å². The highest BCUT2D eigenvalue weighted by molar-refractivity contribution is 6.26. The van der Waals surface area contributed by atoms with Crippen LogP contribution >= 0.6 is 0 Å². The maximum Gasteiger partial charge on any atom is 0.307 e. The fourth-order valence-corrected chi connectivity index (χ4v) is 5.27. The van der Waals surface area contributed by atoms with Gasteiger partial charge in [-0.25, -0.2) is 0 Å². The van der Waals surface area contributed by atoms with Gasteiger partial charge in [0.25, 0.3) is 11.8 Å². The summed E-state index contributed by atoms with van der Waals surface area (Å²) in [4.78, 5) is 66.2. The van der Waals surface area contributed by atoms with Crippen molar-refractivity contribution in [3.8, 4) is 11.5 Å². The van der Waals surface area contributed by atoms with Gasteiger partial charge in [-0.2, -0.15) is 0 Å². The van der Waals surface area contributed by atoms with Crippen LogP contribution in [0.1, 0.15) is 38.3 Å². The largest absolute Gasteiger partial charge is 0.508 e. The lowest BCUT2D eigenvalue weighted by Gasteiger charge is -2.27. The van der Waals surface area contributed by atoms with Crippen molar-refractivity contribution in [3.05, 3.63) is 107 Å². The van der Waals surface area contributed by atoms with Crippen molar-refractivity contribution in [3.63, 3.8) is 0 Å². The zero-order chi connectivity index (χ0) is 30.7. The van der Waals surface area contributed by atoms with E-state index in [1.54, 1.807) is 60.7 Å². The zero-order valence-corrected chi connectivity index (χ0v) is 22.9. The van der Waals surface area contributed by atoms with Crippen LogP contribution in [0.3, 0.4) is 0 Å². The minimum Gasteiger partial charge on any atom is -0.508 e. The molecule has 10 heteroatoms. The molecule has 0 radical (unpaired) electrons. The summed E-state index contributed by atoms with van der Waals surface area (Å²) in [5.41, 5.74) is 1.77. The van der Waals surface area contributed by atoms with Crippen molar-refractivity contribution < 1.29 is 39.3 Å². The number of imide groups is 1. The Balaban J connectivity index is 1.35. The quantitative estimate of drug-likeness (QED) is 0.196. The fraction of sp³-hybridized carbons (Fsp3) is 0.182. The van der Waals surface area contributed by atoms with Crippen molar-refractivity contribution >= 4 is 40.2 Å². The highest BCUT2D eigenvalue weighted by atomic mass is 16.4. The maximum atomic E-state index is 13.5. The molecule has 1 aliphatic rings. The highest BCUT2D eigenvalue weighted by Gasteiger charge is 2.35. The molecule has 4 aromatic rings. The molecule has 0 aliphatic carbocycles. The molecule has 1 heterocycles. The van der Waals surface area contributed by atoms with Gasteiger partial charge in [-0.1, -0.05) is 48.5 Å². The Kier molecular flexibility index (Phi) is 8.20. The maximum absolute atomic E-state index is 13.5. The first-order valence-corrected chi connectivity index (χ1v) is 13.6. The number of carboxylic acid groups (broad SMARTS) is 1. The lowest BCUT2D eigenvalue weighted by molar-refractivity contribution is -0.144. The molecule has 0 bridgehead atoms. The number of nitrogens with one attached hydrogen (secondary N) is 1. The Morgan fingerprint density at radius 2 is 1.23 bits per heavy atom. The molecular formula is C33H28N2O8. The summed E-state index contributed by atoms with van der Waals surface area (Å²) in [5, 5.41) is 32.9. The van der Waals surface area contributed by atoms with Crippen LogP contribution in [-0.4, -0.2) is 62.3 Å². The molecule has 4 N–H and O–H groups in total. The van der Waals surface area contributed by atoms with E-state index in [-0.39, 0.29) is 35.5 Å². The van der Waals surface area contributed by atoms with Gasteiger partial charge in [0.15, 0.2) is 5.78 Å². The Morgan fingerprint density at radius 3 is 1.74 bits per heavy atom. The average Bonchev–Trinajstić information content (AvgIpc) is 2.99. The van der Waals surface area contributed by atoms with Crippen LogP contribution in [0.15, 0.2) is 84.9 Å². The molecule has 4 aromatic carbocycles. The third-order valence-electron chi connectivity index (χ3n) is 7.47. The summed E-state index contributed by atoms with van der Waals surface area (Å²) in [5.74, 6) is -4.87. The Hall–Kier alpha value is -5.51. The van der Waals surface area contributed by atoms with Crippen LogP contribution in [0.5, 0.6) is 11.5 Å². The molecule has 0 aromatic heterocycles. The number of aromatic hydroxyl groups is 2. The van der Waals surface area contributed by atoms with Crippen LogP contribution in [0.25, 0.3) is 10.8 Å². The van der Waals surface area contributed by atoms with Crippen molar-refractivity contribution in [1.82, 2.24) is 10.2 Å². The first-order valence-electron chi connectivity index (χ1n) is 13.6. The Morgan fingerprint density at radius 1 is 0.721 bits per heavy atom. The van der Waals surface area contributed by atoms with Crippen LogP contribution in [0, 0.1) is 5.92 Å². The number of Topliss-reactive ketones (excluding diaryl/α,β-unsaturated/α-hetero) is 1. The predicted octanol–water partition coefficient (Wildman–Crippen LogP) is 3.48. The molecule has 218 valence electrons. The highest BCUT2D eigenvalue weighted by Crippen LogP contribution is 2.30. The lowest BCUT2D eigenvalue weighted by Crippen LogP contribution is -2.50. The van der Waals surface area contributed by atoms with Crippen LogP contribution in [0.4, 0.5) is 0 Å². The number of amides is 3. The summed E-state index contributed by atoms with van der Waals surface area (Å²) in [6.07, 6.45) is -0.403. The van der Waals surface area contributed by atoms with Gasteiger partial charge in [-0.3, -0.25) is 28.9 Å². The molecule has 5 rings (SSSR count). The summed E-state index contributed by atoms with van der Waals surface area (Å²) >= 11 is 0. The molecule has 2 atom stereocenters. The van der Waals surface area contributed by atoms with Crippen molar-refractivity contribution in [2.45, 2.75) is 25.3 Å².